The van der Waals surface area contributed by atoms with Crippen LogP contribution in [0.2, 0.25) is 0 Å². The number of hydrogen-bond acceptors (Lipinski definition) is 3. The highest BCUT2D eigenvalue weighted by molar-refractivity contribution is 5.69. The SMILES string of the molecule is CCC1CCC(N2CCCN(CC(=O)O)CC2)C1. The van der Waals surface area contributed by atoms with Crippen LogP contribution in [-0.4, -0.2) is 59.6 Å². The van der Waals surface area contributed by atoms with E-state index >= 15 is 0 Å². The summed E-state index contributed by atoms with van der Waals surface area (Å²) >= 11 is 0. The van der Waals surface area contributed by atoms with Crippen LogP contribution in [0.5, 0.6) is 0 Å². The molecule has 0 spiro atoms. The van der Waals surface area contributed by atoms with Crippen LogP contribution in [0.15, 0.2) is 0 Å². The molecule has 0 amide bonds. The van der Waals surface area contributed by atoms with Crippen LogP contribution >= 0.6 is 0 Å². The average Bonchev–Trinajstić information content (AvgIpc) is 2.70. The summed E-state index contributed by atoms with van der Waals surface area (Å²) < 4.78 is 0. The van der Waals surface area contributed by atoms with E-state index in [2.05, 4.69) is 16.7 Å². The normalized spacial score (nSPS) is 31.4. The minimum absolute atomic E-state index is 0.204. The smallest absolute Gasteiger partial charge is 0.317 e. The number of aliphatic carboxylic acids is 1. The van der Waals surface area contributed by atoms with E-state index in [4.69, 9.17) is 5.11 Å². The first-order chi connectivity index (χ1) is 8.69. The molecule has 1 saturated carbocycles. The highest BCUT2D eigenvalue weighted by Crippen LogP contribution is 2.31. The fraction of sp³-hybridized carbons (Fsp3) is 0.929. The number of carbonyl (C=O) groups is 1. The summed E-state index contributed by atoms with van der Waals surface area (Å²) in [6.07, 6.45) is 6.51. The van der Waals surface area contributed by atoms with Crippen molar-refractivity contribution < 1.29 is 9.90 Å². The number of hydrogen-bond donors (Lipinski definition) is 1. The molecule has 104 valence electrons. The average molecular weight is 254 g/mol. The van der Waals surface area contributed by atoms with Gasteiger partial charge in [-0.1, -0.05) is 13.3 Å². The molecule has 2 fully saturated rings. The van der Waals surface area contributed by atoms with E-state index in [1.807, 2.05) is 0 Å². The van der Waals surface area contributed by atoms with E-state index < -0.39 is 5.97 Å². The van der Waals surface area contributed by atoms with Gasteiger partial charge < -0.3 is 5.11 Å². The Hall–Kier alpha value is -0.610. The third-order valence-electron chi connectivity index (χ3n) is 4.59. The second-order valence-corrected chi connectivity index (χ2v) is 5.80. The lowest BCUT2D eigenvalue weighted by Gasteiger charge is -2.27. The van der Waals surface area contributed by atoms with Crippen LogP contribution in [0, 0.1) is 5.92 Å². The molecule has 1 saturated heterocycles. The Morgan fingerprint density at radius 2 is 2.06 bits per heavy atom. The van der Waals surface area contributed by atoms with E-state index in [0.717, 1.165) is 44.6 Å². The van der Waals surface area contributed by atoms with Gasteiger partial charge >= 0.3 is 5.97 Å². The number of nitrogens with zero attached hydrogens (tertiary/aromatic N) is 2. The molecule has 1 aliphatic carbocycles. The molecular formula is C14H26N2O2. The van der Waals surface area contributed by atoms with Crippen molar-refractivity contribution in [2.24, 2.45) is 5.92 Å². The van der Waals surface area contributed by atoms with Gasteiger partial charge in [0.1, 0.15) is 0 Å². The Balaban J connectivity index is 1.80. The molecule has 4 nitrogen and oxygen atoms in total. The van der Waals surface area contributed by atoms with Crippen LogP contribution in [0.25, 0.3) is 0 Å². The Kier molecular flexibility index (Phi) is 5.01. The van der Waals surface area contributed by atoms with Gasteiger partial charge in [0.15, 0.2) is 0 Å². The van der Waals surface area contributed by atoms with Crippen LogP contribution in [0.3, 0.4) is 0 Å². The first-order valence-corrected chi connectivity index (χ1v) is 7.37. The van der Waals surface area contributed by atoms with E-state index in [1.54, 1.807) is 0 Å². The fourth-order valence-corrected chi connectivity index (χ4v) is 3.46. The van der Waals surface area contributed by atoms with Crippen molar-refractivity contribution in [3.8, 4) is 0 Å². The quantitative estimate of drug-likeness (QED) is 0.828. The summed E-state index contributed by atoms with van der Waals surface area (Å²) in [7, 11) is 0. The van der Waals surface area contributed by atoms with Crippen LogP contribution < -0.4 is 0 Å². The van der Waals surface area contributed by atoms with Crippen molar-refractivity contribution in [1.82, 2.24) is 9.80 Å². The number of carboxylic acids is 1. The maximum Gasteiger partial charge on any atom is 0.317 e. The van der Waals surface area contributed by atoms with Gasteiger partial charge in [-0.2, -0.15) is 0 Å². The summed E-state index contributed by atoms with van der Waals surface area (Å²) in [5.41, 5.74) is 0. The van der Waals surface area contributed by atoms with Gasteiger partial charge in [-0.3, -0.25) is 14.6 Å². The third kappa shape index (κ3) is 3.69. The van der Waals surface area contributed by atoms with E-state index in [-0.39, 0.29) is 6.54 Å². The van der Waals surface area contributed by atoms with Crippen LogP contribution in [0.1, 0.15) is 39.0 Å². The molecule has 4 heteroatoms. The molecular weight excluding hydrogens is 228 g/mol. The third-order valence-corrected chi connectivity index (χ3v) is 4.59. The second-order valence-electron chi connectivity index (χ2n) is 5.80. The standard InChI is InChI=1S/C14H26N2O2/c1-2-12-4-5-13(10-12)16-7-3-6-15(8-9-16)11-14(17)18/h12-13H,2-11H2,1H3,(H,17,18). The van der Waals surface area contributed by atoms with Gasteiger partial charge in [-0.05, 0) is 38.1 Å². The number of carboxylic acid groups (broad SMARTS) is 1. The molecule has 0 aromatic rings. The first kappa shape index (κ1) is 13.8. The van der Waals surface area contributed by atoms with Crippen molar-refractivity contribution in [1.29, 1.82) is 0 Å². The fourth-order valence-electron chi connectivity index (χ4n) is 3.46. The molecule has 18 heavy (non-hydrogen) atoms. The van der Waals surface area contributed by atoms with Gasteiger partial charge in [0.25, 0.3) is 0 Å². The van der Waals surface area contributed by atoms with Crippen molar-refractivity contribution in [2.45, 2.75) is 45.1 Å². The lowest BCUT2D eigenvalue weighted by atomic mass is 10.1. The molecule has 0 aromatic carbocycles. The molecule has 1 N–H and O–H groups in total. The van der Waals surface area contributed by atoms with E-state index in [9.17, 15) is 4.79 Å². The number of rotatable bonds is 4. The molecule has 2 unspecified atom stereocenters. The lowest BCUT2D eigenvalue weighted by molar-refractivity contribution is -0.138. The lowest BCUT2D eigenvalue weighted by Crippen LogP contribution is -2.38. The van der Waals surface area contributed by atoms with Gasteiger partial charge in [-0.15, -0.1) is 0 Å². The van der Waals surface area contributed by atoms with Crippen LogP contribution in [0.4, 0.5) is 0 Å². The summed E-state index contributed by atoms with van der Waals surface area (Å²) in [6, 6.07) is 0.764. The predicted molar refractivity (Wildman–Crippen MR) is 71.7 cm³/mol. The maximum atomic E-state index is 10.7. The van der Waals surface area contributed by atoms with Gasteiger partial charge in [-0.25, -0.2) is 0 Å². The molecule has 1 heterocycles. The van der Waals surface area contributed by atoms with Gasteiger partial charge in [0.05, 0.1) is 6.54 Å². The molecule has 0 aromatic heterocycles. The molecule has 0 radical (unpaired) electrons. The Morgan fingerprint density at radius 3 is 2.72 bits per heavy atom. The first-order valence-electron chi connectivity index (χ1n) is 7.37. The molecule has 2 atom stereocenters. The highest BCUT2D eigenvalue weighted by Gasteiger charge is 2.29. The minimum atomic E-state index is -0.699. The van der Waals surface area contributed by atoms with Crippen molar-refractivity contribution in [3.63, 3.8) is 0 Å². The monoisotopic (exact) mass is 254 g/mol. The predicted octanol–water partition coefficient (Wildman–Crippen LogP) is 1.66. The molecule has 2 aliphatic rings. The van der Waals surface area contributed by atoms with Crippen molar-refractivity contribution in [2.75, 3.05) is 32.7 Å². The maximum absolute atomic E-state index is 10.7. The molecule has 2 rings (SSSR count). The zero-order valence-corrected chi connectivity index (χ0v) is 11.5. The molecule has 0 bridgehead atoms. The van der Waals surface area contributed by atoms with Gasteiger partial charge in [0.2, 0.25) is 0 Å². The topological polar surface area (TPSA) is 43.8 Å². The Labute approximate surface area is 110 Å². The van der Waals surface area contributed by atoms with Crippen molar-refractivity contribution >= 4 is 5.97 Å². The summed E-state index contributed by atoms with van der Waals surface area (Å²) in [4.78, 5) is 15.4. The van der Waals surface area contributed by atoms with Crippen molar-refractivity contribution in [3.05, 3.63) is 0 Å². The highest BCUT2D eigenvalue weighted by atomic mass is 16.4. The second kappa shape index (κ2) is 6.53. The minimum Gasteiger partial charge on any atom is -0.480 e. The zero-order valence-electron chi connectivity index (χ0n) is 11.5. The summed E-state index contributed by atoms with van der Waals surface area (Å²) in [5.74, 6) is 0.226. The Morgan fingerprint density at radius 1 is 1.22 bits per heavy atom. The Bertz CT molecular complexity index is 283. The molecule has 1 aliphatic heterocycles. The summed E-state index contributed by atoms with van der Waals surface area (Å²) in [6.45, 7) is 6.55. The van der Waals surface area contributed by atoms with Crippen LogP contribution in [-0.2, 0) is 4.79 Å². The van der Waals surface area contributed by atoms with E-state index in [0.29, 0.717) is 0 Å². The van der Waals surface area contributed by atoms with E-state index in [1.165, 1.54) is 25.7 Å². The largest absolute Gasteiger partial charge is 0.480 e. The summed E-state index contributed by atoms with van der Waals surface area (Å²) in [5, 5.41) is 8.85. The zero-order chi connectivity index (χ0) is 13.0. The van der Waals surface area contributed by atoms with Gasteiger partial charge in [0, 0.05) is 25.7 Å².